The van der Waals surface area contributed by atoms with Gasteiger partial charge in [-0.1, -0.05) is 13.3 Å². The molecule has 1 aromatic rings. The van der Waals surface area contributed by atoms with E-state index in [4.69, 9.17) is 0 Å². The Balaban J connectivity index is 2.18. The predicted molar refractivity (Wildman–Crippen MR) is 79.4 cm³/mol. The Bertz CT molecular complexity index is 547. The minimum absolute atomic E-state index is 0.0740. The predicted octanol–water partition coefficient (Wildman–Crippen LogP) is 0.834. The van der Waals surface area contributed by atoms with Crippen molar-refractivity contribution in [2.24, 2.45) is 0 Å². The van der Waals surface area contributed by atoms with Crippen LogP contribution < -0.4 is 5.32 Å². The normalized spacial score (nSPS) is 20.4. The average Bonchev–Trinajstić information content (AvgIpc) is 2.53. The highest BCUT2D eigenvalue weighted by Crippen LogP contribution is 2.24. The molecule has 0 radical (unpaired) electrons. The van der Waals surface area contributed by atoms with E-state index in [1.54, 1.807) is 0 Å². The van der Waals surface area contributed by atoms with Gasteiger partial charge in [-0.15, -0.1) is 0 Å². The standard InChI is InChI=1S/C13H22N4O3S/c1-2-6-14-13-15-8-12(9-16-13)21(19,20)17-7-4-3-5-11(17)10-18/h8-9,11,18H,2-7,10H2,1H3,(H,14,15,16). The third-order valence-corrected chi connectivity index (χ3v) is 5.46. The quantitative estimate of drug-likeness (QED) is 0.807. The van der Waals surface area contributed by atoms with E-state index in [1.807, 2.05) is 6.92 Å². The molecule has 0 saturated carbocycles. The number of sulfonamides is 1. The van der Waals surface area contributed by atoms with E-state index in [2.05, 4.69) is 15.3 Å². The maximum atomic E-state index is 12.6. The van der Waals surface area contributed by atoms with E-state index >= 15 is 0 Å². The van der Waals surface area contributed by atoms with Crippen LogP contribution in [-0.2, 0) is 10.0 Å². The molecular weight excluding hydrogens is 292 g/mol. The zero-order valence-corrected chi connectivity index (χ0v) is 13.0. The molecule has 1 atom stereocenters. The van der Waals surface area contributed by atoms with Crippen LogP contribution in [0.5, 0.6) is 0 Å². The van der Waals surface area contributed by atoms with E-state index < -0.39 is 10.0 Å². The lowest BCUT2D eigenvalue weighted by molar-refractivity contribution is 0.155. The molecule has 1 saturated heterocycles. The molecule has 1 aromatic heterocycles. The zero-order chi connectivity index (χ0) is 15.3. The first-order chi connectivity index (χ1) is 10.1. The highest BCUT2D eigenvalue weighted by Gasteiger charge is 2.33. The van der Waals surface area contributed by atoms with Crippen molar-refractivity contribution in [1.82, 2.24) is 14.3 Å². The van der Waals surface area contributed by atoms with Crippen LogP contribution in [0.15, 0.2) is 17.3 Å². The van der Waals surface area contributed by atoms with Crippen molar-refractivity contribution in [3.63, 3.8) is 0 Å². The molecule has 2 rings (SSSR count). The van der Waals surface area contributed by atoms with Crippen molar-refractivity contribution in [2.75, 3.05) is 25.0 Å². The maximum absolute atomic E-state index is 12.6. The molecule has 1 fully saturated rings. The first-order valence-electron chi connectivity index (χ1n) is 7.28. The Morgan fingerprint density at radius 3 is 2.71 bits per heavy atom. The molecule has 1 unspecified atom stereocenters. The minimum Gasteiger partial charge on any atom is -0.395 e. The number of hydrogen-bond acceptors (Lipinski definition) is 6. The smallest absolute Gasteiger partial charge is 0.246 e. The van der Waals surface area contributed by atoms with Crippen molar-refractivity contribution in [1.29, 1.82) is 0 Å². The number of nitrogens with one attached hydrogen (secondary N) is 1. The van der Waals surface area contributed by atoms with Gasteiger partial charge in [-0.2, -0.15) is 4.31 Å². The van der Waals surface area contributed by atoms with Crippen LogP contribution in [0, 0.1) is 0 Å². The molecule has 8 heteroatoms. The Labute approximate surface area is 125 Å². The SMILES string of the molecule is CCCNc1ncc(S(=O)(=O)N2CCCCC2CO)cn1. The van der Waals surface area contributed by atoms with Crippen molar-refractivity contribution in [2.45, 2.75) is 43.5 Å². The first-order valence-corrected chi connectivity index (χ1v) is 8.72. The lowest BCUT2D eigenvalue weighted by atomic mass is 10.1. The average molecular weight is 314 g/mol. The highest BCUT2D eigenvalue weighted by atomic mass is 32.2. The van der Waals surface area contributed by atoms with Crippen LogP contribution in [0.1, 0.15) is 32.6 Å². The molecule has 0 aromatic carbocycles. The lowest BCUT2D eigenvalue weighted by Gasteiger charge is -2.33. The molecule has 118 valence electrons. The second-order valence-electron chi connectivity index (χ2n) is 5.12. The molecule has 7 nitrogen and oxygen atoms in total. The Morgan fingerprint density at radius 1 is 1.38 bits per heavy atom. The zero-order valence-electron chi connectivity index (χ0n) is 12.2. The summed E-state index contributed by atoms with van der Waals surface area (Å²) in [6.45, 7) is 3.04. The van der Waals surface area contributed by atoms with E-state index in [9.17, 15) is 13.5 Å². The monoisotopic (exact) mass is 314 g/mol. The number of rotatable bonds is 6. The van der Waals surface area contributed by atoms with Crippen LogP contribution >= 0.6 is 0 Å². The van der Waals surface area contributed by atoms with Crippen LogP contribution in [0.4, 0.5) is 5.95 Å². The number of piperidine rings is 1. The number of aromatic nitrogens is 2. The van der Waals surface area contributed by atoms with Gasteiger partial charge in [0.05, 0.1) is 19.0 Å². The molecule has 1 aliphatic rings. The van der Waals surface area contributed by atoms with E-state index in [0.717, 1.165) is 25.8 Å². The van der Waals surface area contributed by atoms with Gasteiger partial charge in [0.2, 0.25) is 16.0 Å². The van der Waals surface area contributed by atoms with Gasteiger partial charge in [0.25, 0.3) is 0 Å². The number of anilines is 1. The molecule has 1 aliphatic heterocycles. The van der Waals surface area contributed by atoms with Crippen LogP contribution in [0.3, 0.4) is 0 Å². The molecule has 0 bridgehead atoms. The van der Waals surface area contributed by atoms with E-state index in [-0.39, 0.29) is 17.5 Å². The fourth-order valence-electron chi connectivity index (χ4n) is 2.39. The minimum atomic E-state index is -3.64. The van der Waals surface area contributed by atoms with E-state index in [0.29, 0.717) is 18.9 Å². The summed E-state index contributed by atoms with van der Waals surface area (Å²) < 4.78 is 26.6. The topological polar surface area (TPSA) is 95.4 Å². The summed E-state index contributed by atoms with van der Waals surface area (Å²) in [4.78, 5) is 8.15. The summed E-state index contributed by atoms with van der Waals surface area (Å²) in [7, 11) is -3.64. The summed E-state index contributed by atoms with van der Waals surface area (Å²) in [5, 5.41) is 12.4. The highest BCUT2D eigenvalue weighted by molar-refractivity contribution is 7.89. The number of hydrogen-bond donors (Lipinski definition) is 2. The van der Waals surface area contributed by atoms with Gasteiger partial charge in [-0.3, -0.25) is 0 Å². The van der Waals surface area contributed by atoms with Gasteiger partial charge >= 0.3 is 0 Å². The van der Waals surface area contributed by atoms with Gasteiger partial charge in [0.1, 0.15) is 4.90 Å². The summed E-state index contributed by atoms with van der Waals surface area (Å²) in [5.41, 5.74) is 0. The Kier molecular flexibility index (Phi) is 5.49. The number of aliphatic hydroxyl groups excluding tert-OH is 1. The fraction of sp³-hybridized carbons (Fsp3) is 0.692. The molecule has 0 aliphatic carbocycles. The van der Waals surface area contributed by atoms with Gasteiger partial charge in [-0.05, 0) is 19.3 Å². The molecule has 2 heterocycles. The van der Waals surface area contributed by atoms with Gasteiger partial charge < -0.3 is 10.4 Å². The Morgan fingerprint density at radius 2 is 2.10 bits per heavy atom. The van der Waals surface area contributed by atoms with Crippen molar-refractivity contribution < 1.29 is 13.5 Å². The third kappa shape index (κ3) is 3.69. The van der Waals surface area contributed by atoms with Gasteiger partial charge in [0, 0.05) is 19.1 Å². The fourth-order valence-corrected chi connectivity index (χ4v) is 3.96. The Hall–Kier alpha value is -1.25. The molecule has 2 N–H and O–H groups in total. The van der Waals surface area contributed by atoms with Gasteiger partial charge in [0.15, 0.2) is 0 Å². The number of aliphatic hydroxyl groups is 1. The maximum Gasteiger partial charge on any atom is 0.246 e. The van der Waals surface area contributed by atoms with Crippen LogP contribution in [-0.4, -0.2) is 53.5 Å². The van der Waals surface area contributed by atoms with Gasteiger partial charge in [-0.25, -0.2) is 18.4 Å². The first kappa shape index (κ1) is 16.1. The second kappa shape index (κ2) is 7.15. The van der Waals surface area contributed by atoms with Crippen molar-refractivity contribution in [3.8, 4) is 0 Å². The molecular formula is C13H22N4O3S. The molecule has 21 heavy (non-hydrogen) atoms. The summed E-state index contributed by atoms with van der Waals surface area (Å²) in [5.74, 6) is 0.424. The largest absolute Gasteiger partial charge is 0.395 e. The van der Waals surface area contributed by atoms with E-state index in [1.165, 1.54) is 16.7 Å². The lowest BCUT2D eigenvalue weighted by Crippen LogP contribution is -2.45. The number of nitrogens with zero attached hydrogens (tertiary/aromatic N) is 3. The third-order valence-electron chi connectivity index (χ3n) is 3.55. The molecule has 0 spiro atoms. The van der Waals surface area contributed by atoms with Crippen LogP contribution in [0.25, 0.3) is 0 Å². The summed E-state index contributed by atoms with van der Waals surface area (Å²) >= 11 is 0. The van der Waals surface area contributed by atoms with Crippen molar-refractivity contribution in [3.05, 3.63) is 12.4 Å². The van der Waals surface area contributed by atoms with Crippen molar-refractivity contribution >= 4 is 16.0 Å². The summed E-state index contributed by atoms with van der Waals surface area (Å²) in [6.07, 6.45) is 6.02. The molecule has 0 amide bonds. The second-order valence-corrected chi connectivity index (χ2v) is 7.01. The summed E-state index contributed by atoms with van der Waals surface area (Å²) in [6, 6.07) is -0.346. The van der Waals surface area contributed by atoms with Crippen LogP contribution in [0.2, 0.25) is 0 Å².